The summed E-state index contributed by atoms with van der Waals surface area (Å²) in [6.07, 6.45) is 0. The highest BCUT2D eigenvalue weighted by Crippen LogP contribution is 2.44. The van der Waals surface area contributed by atoms with E-state index < -0.39 is 17.6 Å². The van der Waals surface area contributed by atoms with Crippen molar-refractivity contribution in [1.82, 2.24) is 4.90 Å². The second kappa shape index (κ2) is 7.41. The summed E-state index contributed by atoms with van der Waals surface area (Å²) >= 11 is 6.24. The van der Waals surface area contributed by atoms with Crippen LogP contribution in [-0.2, 0) is 14.4 Å². The number of para-hydroxylation sites is 1. The highest BCUT2D eigenvalue weighted by Gasteiger charge is 2.41. The third-order valence-electron chi connectivity index (χ3n) is 4.54. The van der Waals surface area contributed by atoms with Gasteiger partial charge in [0.05, 0.1) is 16.2 Å². The molecular weight excluding hydrogens is 413 g/mol. The fraction of sp³-hybridized carbons (Fsp3) is 0.100. The molecule has 4 rings (SSSR count). The lowest BCUT2D eigenvalue weighted by atomic mass is 10.1. The number of nitrogens with zero attached hydrogens (tertiary/aromatic N) is 2. The maximum atomic E-state index is 13.2. The highest BCUT2D eigenvalue weighted by atomic mass is 32.2. The normalized spacial score (nSPS) is 18.5. The van der Waals surface area contributed by atoms with Crippen molar-refractivity contribution in [3.63, 3.8) is 0 Å². The molecule has 3 amide bonds. The van der Waals surface area contributed by atoms with Gasteiger partial charge in [-0.2, -0.15) is 0 Å². The van der Waals surface area contributed by atoms with Crippen molar-refractivity contribution in [2.45, 2.75) is 0 Å². The van der Waals surface area contributed by atoms with Crippen LogP contribution in [0.5, 0.6) is 0 Å². The van der Waals surface area contributed by atoms with Gasteiger partial charge in [-0.25, -0.2) is 4.39 Å². The first kappa shape index (κ1) is 19.3. The number of carbonyl (C=O) groups excluding carboxylic acids is 3. The highest BCUT2D eigenvalue weighted by molar-refractivity contribution is 8.26. The van der Waals surface area contributed by atoms with E-state index in [0.29, 0.717) is 21.3 Å². The SMILES string of the molecule is CN1C(=O)C(=C2C(=O)N(CC(=O)Nc3ccc(F)cc3)c3ccccc32)SC1=S. The van der Waals surface area contributed by atoms with E-state index in [1.165, 1.54) is 34.1 Å². The lowest BCUT2D eigenvalue weighted by Crippen LogP contribution is -2.35. The van der Waals surface area contributed by atoms with Gasteiger partial charge in [-0.05, 0) is 30.3 Å². The Kier molecular flexibility index (Phi) is 4.93. The molecule has 2 heterocycles. The van der Waals surface area contributed by atoms with Gasteiger partial charge in [-0.3, -0.25) is 24.2 Å². The van der Waals surface area contributed by atoms with E-state index in [-0.39, 0.29) is 22.9 Å². The molecule has 0 bridgehead atoms. The molecule has 0 atom stereocenters. The fourth-order valence-corrected chi connectivity index (χ4v) is 4.38. The van der Waals surface area contributed by atoms with Crippen LogP contribution in [0.15, 0.2) is 53.4 Å². The molecule has 9 heteroatoms. The van der Waals surface area contributed by atoms with Gasteiger partial charge >= 0.3 is 0 Å². The van der Waals surface area contributed by atoms with Gasteiger partial charge < -0.3 is 5.32 Å². The molecule has 6 nitrogen and oxygen atoms in total. The van der Waals surface area contributed by atoms with Crippen molar-refractivity contribution < 1.29 is 18.8 Å². The Balaban J connectivity index is 1.65. The number of likely N-dealkylation sites (N-methyl/N-ethyl adjacent to an activating group) is 1. The number of halogens is 1. The summed E-state index contributed by atoms with van der Waals surface area (Å²) in [5.41, 5.74) is 1.80. The van der Waals surface area contributed by atoms with Gasteiger partial charge in [0.1, 0.15) is 16.7 Å². The molecule has 1 N–H and O–H groups in total. The number of carbonyl (C=O) groups is 3. The van der Waals surface area contributed by atoms with Crippen LogP contribution in [0.1, 0.15) is 5.56 Å². The average Bonchev–Trinajstić information content (AvgIpc) is 3.11. The molecule has 0 aliphatic carbocycles. The van der Waals surface area contributed by atoms with Gasteiger partial charge in [0.2, 0.25) is 5.91 Å². The minimum Gasteiger partial charge on any atom is -0.325 e. The maximum Gasteiger partial charge on any atom is 0.266 e. The predicted octanol–water partition coefficient (Wildman–Crippen LogP) is 3.01. The van der Waals surface area contributed by atoms with Crippen molar-refractivity contribution in [2.24, 2.45) is 0 Å². The first-order chi connectivity index (χ1) is 13.9. The molecule has 0 saturated carbocycles. The summed E-state index contributed by atoms with van der Waals surface area (Å²) in [6.45, 7) is -0.247. The van der Waals surface area contributed by atoms with Crippen LogP contribution in [0.4, 0.5) is 15.8 Å². The van der Waals surface area contributed by atoms with Gasteiger partial charge in [0.15, 0.2) is 0 Å². The molecule has 2 aliphatic rings. The van der Waals surface area contributed by atoms with Crippen molar-refractivity contribution in [1.29, 1.82) is 0 Å². The number of rotatable bonds is 3. The zero-order chi connectivity index (χ0) is 20.7. The van der Waals surface area contributed by atoms with Gasteiger partial charge in [-0.15, -0.1) is 0 Å². The van der Waals surface area contributed by atoms with Gasteiger partial charge in [-0.1, -0.05) is 42.2 Å². The van der Waals surface area contributed by atoms with Gasteiger partial charge in [0.25, 0.3) is 11.8 Å². The monoisotopic (exact) mass is 427 g/mol. The Labute approximate surface area is 175 Å². The second-order valence-corrected chi connectivity index (χ2v) is 8.04. The molecule has 2 aliphatic heterocycles. The van der Waals surface area contributed by atoms with E-state index >= 15 is 0 Å². The number of hydrogen-bond acceptors (Lipinski definition) is 5. The summed E-state index contributed by atoms with van der Waals surface area (Å²) in [4.78, 5) is 41.1. The standard InChI is InChI=1S/C20H14FN3O3S2/c1-23-19(27)17(29-20(23)28)16-13-4-2-3-5-14(13)24(18(16)26)10-15(25)22-12-8-6-11(21)7-9-12/h2-9H,10H2,1H3,(H,22,25). The molecule has 0 aromatic heterocycles. The molecule has 0 radical (unpaired) electrons. The lowest BCUT2D eigenvalue weighted by molar-refractivity contribution is -0.121. The molecule has 146 valence electrons. The quantitative estimate of drug-likeness (QED) is 0.602. The van der Waals surface area contributed by atoms with E-state index in [1.807, 2.05) is 0 Å². The average molecular weight is 427 g/mol. The van der Waals surface area contributed by atoms with Crippen molar-refractivity contribution >= 4 is 63.0 Å². The third kappa shape index (κ3) is 3.43. The van der Waals surface area contributed by atoms with Crippen LogP contribution in [0.25, 0.3) is 5.57 Å². The second-order valence-electron chi connectivity index (χ2n) is 6.40. The van der Waals surface area contributed by atoms with Crippen LogP contribution in [0.3, 0.4) is 0 Å². The zero-order valence-corrected chi connectivity index (χ0v) is 16.8. The molecule has 1 saturated heterocycles. The third-order valence-corrected chi connectivity index (χ3v) is 6.10. The number of thiocarbonyl (C=S) groups is 1. The summed E-state index contributed by atoms with van der Waals surface area (Å²) < 4.78 is 13.4. The topological polar surface area (TPSA) is 69.7 Å². The minimum atomic E-state index is -0.441. The molecule has 2 aromatic carbocycles. The Morgan fingerprint density at radius 1 is 1.10 bits per heavy atom. The number of fused-ring (bicyclic) bond motifs is 1. The van der Waals surface area contributed by atoms with Crippen LogP contribution >= 0.6 is 24.0 Å². The number of hydrogen-bond donors (Lipinski definition) is 1. The number of nitrogens with one attached hydrogen (secondary N) is 1. The summed E-state index contributed by atoms with van der Waals surface area (Å²) in [6, 6.07) is 12.3. The van der Waals surface area contributed by atoms with Crippen LogP contribution in [0.2, 0.25) is 0 Å². The molecular formula is C20H14FN3O3S2. The Bertz CT molecular complexity index is 1100. The van der Waals surface area contributed by atoms with E-state index in [0.717, 1.165) is 11.8 Å². The predicted molar refractivity (Wildman–Crippen MR) is 114 cm³/mol. The maximum absolute atomic E-state index is 13.2. The molecule has 29 heavy (non-hydrogen) atoms. The number of benzene rings is 2. The number of anilines is 2. The van der Waals surface area contributed by atoms with Crippen molar-refractivity contribution in [2.75, 3.05) is 23.8 Å². The van der Waals surface area contributed by atoms with E-state index in [4.69, 9.17) is 12.2 Å². The summed E-state index contributed by atoms with van der Waals surface area (Å²) in [5.74, 6) is -1.63. The smallest absolute Gasteiger partial charge is 0.266 e. The van der Waals surface area contributed by atoms with Crippen molar-refractivity contribution in [3.05, 3.63) is 64.8 Å². The Morgan fingerprint density at radius 3 is 2.45 bits per heavy atom. The molecule has 1 fully saturated rings. The molecule has 0 spiro atoms. The van der Waals surface area contributed by atoms with Crippen LogP contribution in [-0.4, -0.2) is 40.5 Å². The molecule has 0 unspecified atom stereocenters. The largest absolute Gasteiger partial charge is 0.325 e. The lowest BCUT2D eigenvalue weighted by Gasteiger charge is -2.16. The van der Waals surface area contributed by atoms with E-state index in [1.54, 1.807) is 31.3 Å². The van der Waals surface area contributed by atoms with Crippen LogP contribution < -0.4 is 10.2 Å². The Hall–Kier alpha value is -3.04. The van der Waals surface area contributed by atoms with E-state index in [2.05, 4.69) is 5.32 Å². The van der Waals surface area contributed by atoms with Crippen molar-refractivity contribution in [3.8, 4) is 0 Å². The number of amides is 3. The zero-order valence-electron chi connectivity index (χ0n) is 15.1. The molecule has 2 aromatic rings. The fourth-order valence-electron chi connectivity index (χ4n) is 3.13. The number of thioether (sulfide) groups is 1. The minimum absolute atomic E-state index is 0.247. The first-order valence-electron chi connectivity index (χ1n) is 8.57. The Morgan fingerprint density at radius 2 is 1.79 bits per heavy atom. The van der Waals surface area contributed by atoms with Gasteiger partial charge in [0, 0.05) is 18.3 Å². The summed E-state index contributed by atoms with van der Waals surface area (Å²) in [7, 11) is 1.56. The summed E-state index contributed by atoms with van der Waals surface area (Å²) in [5, 5.41) is 2.64. The first-order valence-corrected chi connectivity index (χ1v) is 9.80. The van der Waals surface area contributed by atoms with E-state index in [9.17, 15) is 18.8 Å². The van der Waals surface area contributed by atoms with Crippen LogP contribution in [0, 0.1) is 5.82 Å².